The van der Waals surface area contributed by atoms with Gasteiger partial charge in [-0.2, -0.15) is 27.1 Å². The van der Waals surface area contributed by atoms with Crippen molar-refractivity contribution in [1.29, 1.82) is 0 Å². The smallest absolute Gasteiger partial charge is 0.296 e. The maximum atomic E-state index is 12.1. The van der Waals surface area contributed by atoms with Crippen LogP contribution >= 0.6 is 0 Å². The number of aromatic hydroxyl groups is 1. The minimum atomic E-state index is -4.87. The molecule has 0 amide bonds. The number of hydrogen-bond acceptors (Lipinski definition) is 12. The Hall–Kier alpha value is -4.84. The molecule has 0 heterocycles. The zero-order valence-corrected chi connectivity index (χ0v) is 20.9. The molecular formula is C22H16N6O9S2. The Morgan fingerprint density at radius 1 is 0.769 bits per heavy atom. The van der Waals surface area contributed by atoms with E-state index in [0.717, 1.165) is 18.2 Å². The van der Waals surface area contributed by atoms with Gasteiger partial charge in [-0.15, -0.1) is 10.2 Å². The number of azo groups is 2. The highest BCUT2D eigenvalue weighted by atomic mass is 32.2. The highest BCUT2D eigenvalue weighted by Gasteiger charge is 2.23. The van der Waals surface area contributed by atoms with Crippen LogP contribution in [0.3, 0.4) is 0 Å². The van der Waals surface area contributed by atoms with Gasteiger partial charge in [-0.3, -0.25) is 19.2 Å². The maximum absolute atomic E-state index is 12.1. The van der Waals surface area contributed by atoms with Crippen LogP contribution in [0.2, 0.25) is 0 Å². The molecule has 15 nitrogen and oxygen atoms in total. The van der Waals surface area contributed by atoms with Gasteiger partial charge in [0.05, 0.1) is 32.3 Å². The summed E-state index contributed by atoms with van der Waals surface area (Å²) in [5.74, 6) is -0.508. The molecular weight excluding hydrogens is 556 g/mol. The van der Waals surface area contributed by atoms with Crippen LogP contribution in [0.4, 0.5) is 34.1 Å². The van der Waals surface area contributed by atoms with E-state index < -0.39 is 46.4 Å². The molecule has 0 saturated carbocycles. The molecule has 4 aromatic rings. The fraction of sp³-hybridized carbons (Fsp3) is 0. The van der Waals surface area contributed by atoms with Crippen LogP contribution in [0.25, 0.3) is 10.8 Å². The summed E-state index contributed by atoms with van der Waals surface area (Å²) in [6.45, 7) is 0. The fourth-order valence-electron chi connectivity index (χ4n) is 3.39. The lowest BCUT2D eigenvalue weighted by Gasteiger charge is -2.12. The van der Waals surface area contributed by atoms with Gasteiger partial charge < -0.3 is 10.8 Å². The van der Waals surface area contributed by atoms with Crippen molar-refractivity contribution in [2.24, 2.45) is 20.5 Å². The van der Waals surface area contributed by atoms with Crippen LogP contribution < -0.4 is 5.73 Å². The van der Waals surface area contributed by atoms with E-state index in [1.807, 2.05) is 0 Å². The van der Waals surface area contributed by atoms with Gasteiger partial charge in [0, 0.05) is 12.1 Å². The van der Waals surface area contributed by atoms with Gasteiger partial charge in [0.15, 0.2) is 5.75 Å². The second-order valence-corrected chi connectivity index (χ2v) is 10.6. The summed E-state index contributed by atoms with van der Waals surface area (Å²) in [7, 11) is -9.33. The van der Waals surface area contributed by atoms with Crippen LogP contribution in [-0.2, 0) is 20.2 Å². The lowest BCUT2D eigenvalue weighted by molar-refractivity contribution is -0.384. The number of non-ortho nitro benzene ring substituents is 1. The average molecular weight is 573 g/mol. The van der Waals surface area contributed by atoms with Crippen molar-refractivity contribution in [3.05, 3.63) is 76.8 Å². The van der Waals surface area contributed by atoms with E-state index in [1.54, 1.807) is 0 Å². The molecule has 17 heteroatoms. The molecule has 0 radical (unpaired) electrons. The Morgan fingerprint density at radius 2 is 1.33 bits per heavy atom. The summed E-state index contributed by atoms with van der Waals surface area (Å²) < 4.78 is 65.3. The number of benzene rings is 4. The lowest BCUT2D eigenvalue weighted by Crippen LogP contribution is -2.01. The van der Waals surface area contributed by atoms with Crippen LogP contribution in [0, 0.1) is 10.1 Å². The van der Waals surface area contributed by atoms with Crippen LogP contribution in [0.5, 0.6) is 5.75 Å². The van der Waals surface area contributed by atoms with Crippen molar-refractivity contribution in [2.45, 2.75) is 9.79 Å². The highest BCUT2D eigenvalue weighted by molar-refractivity contribution is 7.86. The topological polar surface area (TPSA) is 248 Å². The molecule has 0 aliphatic carbocycles. The quantitative estimate of drug-likeness (QED) is 0.0725. The van der Waals surface area contributed by atoms with Crippen molar-refractivity contribution in [2.75, 3.05) is 5.73 Å². The van der Waals surface area contributed by atoms with E-state index in [0.29, 0.717) is 0 Å². The molecule has 4 rings (SSSR count). The second-order valence-electron chi connectivity index (χ2n) is 7.79. The zero-order chi connectivity index (χ0) is 28.5. The number of nitrogens with two attached hydrogens (primary N) is 1. The van der Waals surface area contributed by atoms with Crippen LogP contribution in [0.1, 0.15) is 0 Å². The van der Waals surface area contributed by atoms with Crippen molar-refractivity contribution >= 4 is 65.1 Å². The highest BCUT2D eigenvalue weighted by Crippen LogP contribution is 2.45. The van der Waals surface area contributed by atoms with Gasteiger partial charge >= 0.3 is 0 Å². The largest absolute Gasteiger partial charge is 0.505 e. The summed E-state index contributed by atoms with van der Waals surface area (Å²) in [4.78, 5) is 9.08. The summed E-state index contributed by atoms with van der Waals surface area (Å²) >= 11 is 0. The number of rotatable bonds is 7. The average Bonchev–Trinajstić information content (AvgIpc) is 2.87. The maximum Gasteiger partial charge on any atom is 0.296 e. The van der Waals surface area contributed by atoms with E-state index in [1.165, 1.54) is 48.5 Å². The number of nitrogens with zero attached hydrogens (tertiary/aromatic N) is 5. The summed E-state index contributed by atoms with van der Waals surface area (Å²) in [5, 5.41) is 37.1. The molecule has 39 heavy (non-hydrogen) atoms. The first-order valence-corrected chi connectivity index (χ1v) is 13.3. The van der Waals surface area contributed by atoms with Gasteiger partial charge in [0.1, 0.15) is 16.3 Å². The van der Waals surface area contributed by atoms with E-state index >= 15 is 0 Å². The molecule has 0 atom stereocenters. The van der Waals surface area contributed by atoms with E-state index in [2.05, 4.69) is 20.5 Å². The Balaban J connectivity index is 1.80. The summed E-state index contributed by atoms with van der Waals surface area (Å²) in [6, 6.07) is 13.2. The van der Waals surface area contributed by atoms with Crippen LogP contribution in [0.15, 0.2) is 97.0 Å². The predicted molar refractivity (Wildman–Crippen MR) is 138 cm³/mol. The fourth-order valence-corrected chi connectivity index (χ4v) is 4.54. The molecule has 0 saturated heterocycles. The van der Waals surface area contributed by atoms with E-state index in [4.69, 9.17) is 10.3 Å². The molecule has 200 valence electrons. The number of fused-ring (bicyclic) bond motifs is 1. The van der Waals surface area contributed by atoms with E-state index in [-0.39, 0.29) is 39.2 Å². The van der Waals surface area contributed by atoms with Crippen molar-refractivity contribution < 1.29 is 36.0 Å². The molecule has 5 N–H and O–H groups in total. The van der Waals surface area contributed by atoms with E-state index in [9.17, 15) is 36.6 Å². The number of nitro groups is 1. The van der Waals surface area contributed by atoms with Gasteiger partial charge in [-0.1, -0.05) is 6.07 Å². The standard InChI is InChI=1S/C22H16N6O9S2/c23-20-19-12(1-10-17(22(19)29)26-24-13-2-6-15(7-3-13)28(30)31)11-18(39(35,36)37)21(20)27-25-14-4-8-16(9-5-14)38(32,33)34/h1-11,29H,23H2,(H,32,33,34)(H,35,36,37). The Kier molecular flexibility index (Phi) is 7.07. The van der Waals surface area contributed by atoms with Gasteiger partial charge in [0.25, 0.3) is 25.9 Å². The lowest BCUT2D eigenvalue weighted by atomic mass is 10.1. The van der Waals surface area contributed by atoms with Crippen molar-refractivity contribution in [3.63, 3.8) is 0 Å². The second kappa shape index (κ2) is 10.1. The molecule has 0 fully saturated rings. The third-order valence-electron chi connectivity index (χ3n) is 5.24. The monoisotopic (exact) mass is 572 g/mol. The number of nitrogen functional groups attached to an aromatic ring is 1. The molecule has 0 bridgehead atoms. The van der Waals surface area contributed by atoms with Gasteiger partial charge in [0.2, 0.25) is 0 Å². The molecule has 4 aromatic carbocycles. The van der Waals surface area contributed by atoms with Gasteiger partial charge in [-0.05, 0) is 53.9 Å². The first-order valence-electron chi connectivity index (χ1n) is 10.5. The number of phenolic OH excluding ortho intramolecular Hbond substituents is 1. The normalized spacial score (nSPS) is 12.5. The third kappa shape index (κ3) is 5.85. The molecule has 0 aromatic heterocycles. The SMILES string of the molecule is Nc1c(N=Nc2ccc(S(=O)(=O)O)cc2)c(S(=O)(=O)O)cc2ccc(N=Nc3ccc([N+](=O)[O-])cc3)c(O)c12. The predicted octanol–water partition coefficient (Wildman–Crippen LogP) is 5.36. The molecule has 0 spiro atoms. The number of phenols is 1. The number of nitro benzene ring substituents is 1. The first kappa shape index (κ1) is 27.2. The Bertz CT molecular complexity index is 1890. The minimum Gasteiger partial charge on any atom is -0.505 e. The number of hydrogen-bond donors (Lipinski definition) is 4. The third-order valence-corrected chi connectivity index (χ3v) is 6.98. The summed E-state index contributed by atoms with van der Waals surface area (Å²) in [6.07, 6.45) is 0. The van der Waals surface area contributed by atoms with Crippen molar-refractivity contribution in [3.8, 4) is 5.75 Å². The van der Waals surface area contributed by atoms with Crippen molar-refractivity contribution in [1.82, 2.24) is 0 Å². The molecule has 0 aliphatic heterocycles. The van der Waals surface area contributed by atoms with Gasteiger partial charge in [-0.25, -0.2) is 0 Å². The Labute approximate surface area is 219 Å². The van der Waals surface area contributed by atoms with Crippen LogP contribution in [-0.4, -0.2) is 36.0 Å². The minimum absolute atomic E-state index is 0.0399. The molecule has 0 aliphatic rings. The number of anilines is 1. The molecule has 0 unspecified atom stereocenters. The zero-order valence-electron chi connectivity index (χ0n) is 19.3. The Morgan fingerprint density at radius 3 is 1.87 bits per heavy atom. The first-order chi connectivity index (χ1) is 18.3. The summed E-state index contributed by atoms with van der Waals surface area (Å²) in [5.41, 5.74) is 5.28.